The van der Waals surface area contributed by atoms with E-state index in [4.69, 9.17) is 4.74 Å². The average Bonchev–Trinajstić information content (AvgIpc) is 2.29. The number of ether oxygens (including phenoxy) is 1. The molecular formula is C16H27NO. The largest absolute Gasteiger partial charge is 0.494 e. The molecule has 1 aromatic rings. The number of rotatable bonds is 7. The zero-order valence-electron chi connectivity index (χ0n) is 12.4. The molecule has 18 heavy (non-hydrogen) atoms. The van der Waals surface area contributed by atoms with Crippen molar-refractivity contribution < 1.29 is 4.74 Å². The van der Waals surface area contributed by atoms with Crippen molar-refractivity contribution in [2.45, 2.75) is 52.5 Å². The minimum atomic E-state index is 0.187. The minimum absolute atomic E-state index is 0.187. The second kappa shape index (κ2) is 6.79. The molecule has 0 saturated carbocycles. The van der Waals surface area contributed by atoms with E-state index in [0.717, 1.165) is 25.3 Å². The van der Waals surface area contributed by atoms with Crippen molar-refractivity contribution in [3.8, 4) is 5.75 Å². The van der Waals surface area contributed by atoms with E-state index in [0.29, 0.717) is 6.04 Å². The van der Waals surface area contributed by atoms with Crippen LogP contribution >= 0.6 is 0 Å². The molecule has 1 unspecified atom stereocenters. The van der Waals surface area contributed by atoms with Gasteiger partial charge in [0.15, 0.2) is 0 Å². The van der Waals surface area contributed by atoms with Gasteiger partial charge in [-0.25, -0.2) is 0 Å². The maximum absolute atomic E-state index is 5.48. The van der Waals surface area contributed by atoms with Gasteiger partial charge in [-0.15, -0.1) is 0 Å². The third-order valence-electron chi connectivity index (χ3n) is 3.32. The van der Waals surface area contributed by atoms with Crippen molar-refractivity contribution >= 4 is 0 Å². The molecule has 2 heteroatoms. The fourth-order valence-corrected chi connectivity index (χ4v) is 2.47. The van der Waals surface area contributed by atoms with Gasteiger partial charge in [0, 0.05) is 6.04 Å². The molecule has 102 valence electrons. The fourth-order valence-electron chi connectivity index (χ4n) is 2.47. The number of nitrogens with one attached hydrogen (secondary N) is 1. The predicted molar refractivity (Wildman–Crippen MR) is 78.4 cm³/mol. The third kappa shape index (κ3) is 4.34. The SMILES string of the molecule is CCNC(C)CC(C)(C)c1ccc(OCC)cc1. The van der Waals surface area contributed by atoms with Crippen LogP contribution in [-0.2, 0) is 5.41 Å². The van der Waals surface area contributed by atoms with E-state index in [1.807, 2.05) is 6.92 Å². The van der Waals surface area contributed by atoms with Crippen LogP contribution in [0.1, 0.15) is 46.6 Å². The summed E-state index contributed by atoms with van der Waals surface area (Å²) in [5.41, 5.74) is 1.56. The minimum Gasteiger partial charge on any atom is -0.494 e. The monoisotopic (exact) mass is 249 g/mol. The van der Waals surface area contributed by atoms with Crippen molar-refractivity contribution in [3.63, 3.8) is 0 Å². The lowest BCUT2D eigenvalue weighted by atomic mass is 9.79. The Kier molecular flexibility index (Phi) is 5.67. The van der Waals surface area contributed by atoms with Gasteiger partial charge >= 0.3 is 0 Å². The van der Waals surface area contributed by atoms with Gasteiger partial charge in [-0.05, 0) is 49.9 Å². The third-order valence-corrected chi connectivity index (χ3v) is 3.32. The average molecular weight is 249 g/mol. The molecule has 0 amide bonds. The van der Waals surface area contributed by atoms with E-state index in [1.165, 1.54) is 5.56 Å². The molecule has 0 spiro atoms. The Morgan fingerprint density at radius 3 is 2.28 bits per heavy atom. The Morgan fingerprint density at radius 2 is 1.78 bits per heavy atom. The fraction of sp³-hybridized carbons (Fsp3) is 0.625. The van der Waals surface area contributed by atoms with Crippen LogP contribution < -0.4 is 10.1 Å². The Labute approximate surface area is 112 Å². The lowest BCUT2D eigenvalue weighted by Crippen LogP contribution is -2.33. The summed E-state index contributed by atoms with van der Waals surface area (Å²) in [4.78, 5) is 0. The predicted octanol–water partition coefficient (Wildman–Crippen LogP) is 3.75. The van der Waals surface area contributed by atoms with E-state index in [2.05, 4.69) is 57.3 Å². The van der Waals surface area contributed by atoms with E-state index in [-0.39, 0.29) is 5.41 Å². The normalized spacial score (nSPS) is 13.4. The summed E-state index contributed by atoms with van der Waals surface area (Å²) in [6.07, 6.45) is 1.13. The van der Waals surface area contributed by atoms with E-state index in [9.17, 15) is 0 Å². The maximum atomic E-state index is 5.48. The van der Waals surface area contributed by atoms with Gasteiger partial charge in [0.1, 0.15) is 5.75 Å². The van der Waals surface area contributed by atoms with E-state index < -0.39 is 0 Å². The van der Waals surface area contributed by atoms with Crippen LogP contribution in [0.3, 0.4) is 0 Å². The molecule has 1 aromatic carbocycles. The zero-order chi connectivity index (χ0) is 13.6. The summed E-state index contributed by atoms with van der Waals surface area (Å²) < 4.78 is 5.48. The molecular weight excluding hydrogens is 222 g/mol. The lowest BCUT2D eigenvalue weighted by molar-refractivity contribution is 0.339. The quantitative estimate of drug-likeness (QED) is 0.794. The molecule has 1 rings (SSSR count). The van der Waals surface area contributed by atoms with Gasteiger partial charge in [-0.2, -0.15) is 0 Å². The summed E-state index contributed by atoms with van der Waals surface area (Å²) >= 11 is 0. The molecule has 0 aliphatic heterocycles. The van der Waals surface area contributed by atoms with Crippen LogP contribution in [0.5, 0.6) is 5.75 Å². The Balaban J connectivity index is 2.71. The second-order valence-corrected chi connectivity index (χ2v) is 5.50. The first-order valence-electron chi connectivity index (χ1n) is 6.96. The molecule has 0 saturated heterocycles. The molecule has 0 aromatic heterocycles. The second-order valence-electron chi connectivity index (χ2n) is 5.50. The van der Waals surface area contributed by atoms with Crippen LogP contribution in [-0.4, -0.2) is 19.2 Å². The molecule has 0 aliphatic rings. The van der Waals surface area contributed by atoms with Crippen molar-refractivity contribution in [1.82, 2.24) is 5.32 Å². The summed E-state index contributed by atoms with van der Waals surface area (Å²) in [5, 5.41) is 3.48. The molecule has 0 heterocycles. The van der Waals surface area contributed by atoms with Crippen molar-refractivity contribution in [2.75, 3.05) is 13.2 Å². The van der Waals surface area contributed by atoms with Gasteiger partial charge in [0.25, 0.3) is 0 Å². The van der Waals surface area contributed by atoms with Crippen LogP contribution in [0.4, 0.5) is 0 Å². The lowest BCUT2D eigenvalue weighted by Gasteiger charge is -2.29. The Morgan fingerprint density at radius 1 is 1.17 bits per heavy atom. The highest BCUT2D eigenvalue weighted by Gasteiger charge is 2.22. The molecule has 1 atom stereocenters. The van der Waals surface area contributed by atoms with Gasteiger partial charge in [-0.1, -0.05) is 32.9 Å². The highest BCUT2D eigenvalue weighted by molar-refractivity contribution is 5.31. The maximum Gasteiger partial charge on any atom is 0.119 e. The molecule has 0 radical (unpaired) electrons. The van der Waals surface area contributed by atoms with Gasteiger partial charge in [0.05, 0.1) is 6.61 Å². The number of hydrogen-bond acceptors (Lipinski definition) is 2. The van der Waals surface area contributed by atoms with Crippen LogP contribution in [0.15, 0.2) is 24.3 Å². The van der Waals surface area contributed by atoms with Crippen LogP contribution in [0.25, 0.3) is 0 Å². The highest BCUT2D eigenvalue weighted by atomic mass is 16.5. The van der Waals surface area contributed by atoms with Crippen molar-refractivity contribution in [3.05, 3.63) is 29.8 Å². The first-order valence-corrected chi connectivity index (χ1v) is 6.96. The molecule has 0 bridgehead atoms. The highest BCUT2D eigenvalue weighted by Crippen LogP contribution is 2.29. The molecule has 0 aliphatic carbocycles. The Bertz CT molecular complexity index is 343. The van der Waals surface area contributed by atoms with Crippen molar-refractivity contribution in [1.29, 1.82) is 0 Å². The van der Waals surface area contributed by atoms with E-state index in [1.54, 1.807) is 0 Å². The smallest absolute Gasteiger partial charge is 0.119 e. The van der Waals surface area contributed by atoms with Gasteiger partial charge < -0.3 is 10.1 Å². The van der Waals surface area contributed by atoms with Crippen molar-refractivity contribution in [2.24, 2.45) is 0 Å². The molecule has 2 nitrogen and oxygen atoms in total. The molecule has 0 fully saturated rings. The Hall–Kier alpha value is -1.02. The first-order chi connectivity index (χ1) is 8.49. The van der Waals surface area contributed by atoms with Gasteiger partial charge in [0.2, 0.25) is 0 Å². The summed E-state index contributed by atoms with van der Waals surface area (Å²) in [6, 6.07) is 9.04. The number of hydrogen-bond donors (Lipinski definition) is 1. The summed E-state index contributed by atoms with van der Waals surface area (Å²) in [7, 11) is 0. The van der Waals surface area contributed by atoms with E-state index >= 15 is 0 Å². The van der Waals surface area contributed by atoms with Gasteiger partial charge in [-0.3, -0.25) is 0 Å². The van der Waals surface area contributed by atoms with Crippen LogP contribution in [0.2, 0.25) is 0 Å². The summed E-state index contributed by atoms with van der Waals surface area (Å²) in [5.74, 6) is 0.955. The van der Waals surface area contributed by atoms with Crippen LogP contribution in [0, 0.1) is 0 Å². The standard InChI is InChI=1S/C16H27NO/c1-6-17-13(3)12-16(4,5)14-8-10-15(11-9-14)18-7-2/h8-11,13,17H,6-7,12H2,1-5H3. The molecule has 1 N–H and O–H groups in total. The number of benzene rings is 1. The summed E-state index contributed by atoms with van der Waals surface area (Å²) in [6.45, 7) is 12.8. The topological polar surface area (TPSA) is 21.3 Å². The zero-order valence-corrected chi connectivity index (χ0v) is 12.4. The first kappa shape index (κ1) is 15.0.